The van der Waals surface area contributed by atoms with Gasteiger partial charge in [-0.1, -0.05) is 19.9 Å². The molecule has 1 aliphatic rings. The highest BCUT2D eigenvalue weighted by molar-refractivity contribution is 5.99. The fourth-order valence-corrected chi connectivity index (χ4v) is 4.36. The largest absolute Gasteiger partial charge is 0.478 e. The van der Waals surface area contributed by atoms with Crippen molar-refractivity contribution in [3.05, 3.63) is 58.4 Å². The molecule has 0 saturated carbocycles. The molecule has 1 amide bonds. The first-order chi connectivity index (χ1) is 17.4. The summed E-state index contributed by atoms with van der Waals surface area (Å²) in [5, 5.41) is 38.0. The molecule has 1 aromatic heterocycles. The topological polar surface area (TPSA) is 171 Å². The molecule has 0 aliphatic carbocycles. The van der Waals surface area contributed by atoms with Crippen molar-refractivity contribution in [1.82, 2.24) is 14.8 Å². The SMILES string of the molecule is CCN(CC)CC1(O)CCN(C(=O)Cc2c(C(=O)O)ccc(C)c2C(=O)O)CC1.O=C(O)c1cc[nH]c1. The second kappa shape index (κ2) is 13.0. The van der Waals surface area contributed by atoms with E-state index in [2.05, 4.69) is 9.88 Å². The van der Waals surface area contributed by atoms with Crippen LogP contribution >= 0.6 is 0 Å². The molecule has 202 valence electrons. The van der Waals surface area contributed by atoms with Gasteiger partial charge in [-0.15, -0.1) is 0 Å². The predicted molar refractivity (Wildman–Crippen MR) is 135 cm³/mol. The third kappa shape index (κ3) is 7.89. The molecule has 1 aromatic carbocycles. The highest BCUT2D eigenvalue weighted by Gasteiger charge is 2.35. The molecule has 11 nitrogen and oxygen atoms in total. The standard InChI is InChI=1S/C21H30N2O6.C5H5NO2/c1-4-22(5-2)13-21(29)8-10-23(11-9-21)17(24)12-16-15(19(25)26)7-6-14(3)18(16)20(27)28;7-5(8)4-1-2-6-3-4/h6-7,29H,4-5,8-13H2,1-3H3,(H,25,26)(H,27,28);1-3,6H,(H,7,8). The Morgan fingerprint density at radius 2 is 1.59 bits per heavy atom. The number of amides is 1. The van der Waals surface area contributed by atoms with Crippen molar-refractivity contribution in [2.45, 2.75) is 45.6 Å². The molecule has 2 heterocycles. The number of aliphatic hydroxyl groups is 1. The molecule has 1 saturated heterocycles. The molecule has 11 heteroatoms. The van der Waals surface area contributed by atoms with Crippen molar-refractivity contribution in [2.75, 3.05) is 32.7 Å². The Kier molecular flexibility index (Phi) is 10.4. The van der Waals surface area contributed by atoms with Gasteiger partial charge in [0, 0.05) is 32.0 Å². The third-order valence-corrected chi connectivity index (χ3v) is 6.60. The third-order valence-electron chi connectivity index (χ3n) is 6.60. The van der Waals surface area contributed by atoms with E-state index in [9.17, 15) is 34.5 Å². The summed E-state index contributed by atoms with van der Waals surface area (Å²) in [7, 11) is 0. The summed E-state index contributed by atoms with van der Waals surface area (Å²) in [6.45, 7) is 8.58. The lowest BCUT2D eigenvalue weighted by molar-refractivity contribution is -0.135. The molecule has 0 spiro atoms. The van der Waals surface area contributed by atoms with Crippen molar-refractivity contribution in [3.63, 3.8) is 0 Å². The van der Waals surface area contributed by atoms with Gasteiger partial charge in [0.25, 0.3) is 0 Å². The van der Waals surface area contributed by atoms with Crippen LogP contribution < -0.4 is 0 Å². The number of carbonyl (C=O) groups is 4. The molecule has 5 N–H and O–H groups in total. The van der Waals surface area contributed by atoms with E-state index in [0.29, 0.717) is 43.6 Å². The number of rotatable bonds is 9. The molecule has 0 bridgehead atoms. The van der Waals surface area contributed by atoms with Crippen LogP contribution in [0, 0.1) is 6.92 Å². The van der Waals surface area contributed by atoms with Crippen LogP contribution in [-0.4, -0.2) is 97.3 Å². The Bertz CT molecular complexity index is 1100. The maximum Gasteiger partial charge on any atom is 0.337 e. The highest BCUT2D eigenvalue weighted by Crippen LogP contribution is 2.26. The number of likely N-dealkylation sites (tertiary alicyclic amines) is 1. The Hall–Kier alpha value is -3.70. The van der Waals surface area contributed by atoms with Crippen LogP contribution in [0.4, 0.5) is 0 Å². The van der Waals surface area contributed by atoms with Crippen molar-refractivity contribution >= 4 is 23.8 Å². The second-order valence-corrected chi connectivity index (χ2v) is 9.04. The fraction of sp³-hybridized carbons (Fsp3) is 0.462. The summed E-state index contributed by atoms with van der Waals surface area (Å²) in [6, 6.07) is 4.28. The van der Waals surface area contributed by atoms with Gasteiger partial charge in [0.1, 0.15) is 0 Å². The number of nitrogens with one attached hydrogen (secondary N) is 1. The van der Waals surface area contributed by atoms with Gasteiger partial charge in [0.05, 0.1) is 28.7 Å². The number of likely N-dealkylation sites (N-methyl/N-ethyl adjacent to an activating group) is 1. The first-order valence-electron chi connectivity index (χ1n) is 12.1. The smallest absolute Gasteiger partial charge is 0.337 e. The number of benzene rings is 1. The van der Waals surface area contributed by atoms with Gasteiger partial charge < -0.3 is 35.2 Å². The van der Waals surface area contributed by atoms with E-state index in [-0.39, 0.29) is 29.0 Å². The summed E-state index contributed by atoms with van der Waals surface area (Å²) in [6.07, 6.45) is 3.58. The van der Waals surface area contributed by atoms with Gasteiger partial charge in [0.15, 0.2) is 0 Å². The maximum atomic E-state index is 12.8. The van der Waals surface area contributed by atoms with Crippen LogP contribution in [0.1, 0.15) is 68.9 Å². The van der Waals surface area contributed by atoms with Gasteiger partial charge in [0.2, 0.25) is 5.91 Å². The minimum atomic E-state index is -1.26. The summed E-state index contributed by atoms with van der Waals surface area (Å²) in [4.78, 5) is 52.4. The Balaban J connectivity index is 0.000000510. The summed E-state index contributed by atoms with van der Waals surface area (Å²) in [5.74, 6) is -3.74. The van der Waals surface area contributed by atoms with E-state index in [1.165, 1.54) is 24.4 Å². The number of H-pyrrole nitrogens is 1. The lowest BCUT2D eigenvalue weighted by Crippen LogP contribution is -2.52. The Morgan fingerprint density at radius 3 is 2.03 bits per heavy atom. The quantitative estimate of drug-likeness (QED) is 0.335. The average molecular weight is 518 g/mol. The lowest BCUT2D eigenvalue weighted by atomic mass is 9.89. The van der Waals surface area contributed by atoms with Crippen LogP contribution in [-0.2, 0) is 11.2 Å². The number of carboxylic acid groups (broad SMARTS) is 3. The van der Waals surface area contributed by atoms with Gasteiger partial charge in [-0.2, -0.15) is 0 Å². The first-order valence-corrected chi connectivity index (χ1v) is 12.1. The first kappa shape index (κ1) is 29.5. The number of aromatic nitrogens is 1. The van der Waals surface area contributed by atoms with Crippen molar-refractivity contribution in [1.29, 1.82) is 0 Å². The molecule has 2 aromatic rings. The number of hydrogen-bond donors (Lipinski definition) is 5. The van der Waals surface area contributed by atoms with Gasteiger partial charge in [-0.3, -0.25) is 4.79 Å². The summed E-state index contributed by atoms with van der Waals surface area (Å²) in [5.41, 5.74) is -0.420. The Labute approximate surface area is 215 Å². The zero-order valence-corrected chi connectivity index (χ0v) is 21.4. The minimum Gasteiger partial charge on any atom is -0.478 e. The zero-order chi connectivity index (χ0) is 27.8. The normalized spacial score (nSPS) is 14.6. The van der Waals surface area contributed by atoms with E-state index >= 15 is 0 Å². The summed E-state index contributed by atoms with van der Waals surface area (Å²) >= 11 is 0. The number of hydrogen-bond acceptors (Lipinski definition) is 6. The van der Waals surface area contributed by atoms with E-state index in [0.717, 1.165) is 13.1 Å². The van der Waals surface area contributed by atoms with Crippen LogP contribution in [0.25, 0.3) is 0 Å². The molecule has 0 radical (unpaired) electrons. The average Bonchev–Trinajstić information content (AvgIpc) is 3.38. The fourth-order valence-electron chi connectivity index (χ4n) is 4.36. The monoisotopic (exact) mass is 517 g/mol. The van der Waals surface area contributed by atoms with Gasteiger partial charge in [-0.25, -0.2) is 14.4 Å². The van der Waals surface area contributed by atoms with Crippen molar-refractivity contribution in [2.24, 2.45) is 0 Å². The molecular formula is C26H35N3O8. The molecule has 0 atom stereocenters. The number of aromatic amines is 1. The number of carbonyl (C=O) groups excluding carboxylic acids is 1. The van der Waals surface area contributed by atoms with Gasteiger partial charge in [-0.05, 0) is 56.1 Å². The summed E-state index contributed by atoms with van der Waals surface area (Å²) < 4.78 is 0. The number of aromatic carboxylic acids is 3. The molecule has 3 rings (SSSR count). The molecular weight excluding hydrogens is 482 g/mol. The van der Waals surface area contributed by atoms with Crippen LogP contribution in [0.2, 0.25) is 0 Å². The number of piperidine rings is 1. The van der Waals surface area contributed by atoms with Crippen LogP contribution in [0.3, 0.4) is 0 Å². The van der Waals surface area contributed by atoms with E-state index in [1.54, 1.807) is 18.0 Å². The highest BCUT2D eigenvalue weighted by atomic mass is 16.4. The van der Waals surface area contributed by atoms with Crippen molar-refractivity contribution in [3.8, 4) is 0 Å². The molecule has 37 heavy (non-hydrogen) atoms. The lowest BCUT2D eigenvalue weighted by Gasteiger charge is -2.40. The van der Waals surface area contributed by atoms with Crippen molar-refractivity contribution < 1.29 is 39.6 Å². The van der Waals surface area contributed by atoms with Crippen LogP contribution in [0.15, 0.2) is 30.6 Å². The molecule has 0 unspecified atom stereocenters. The number of nitrogens with zero attached hydrogens (tertiary/aromatic N) is 2. The number of aryl methyl sites for hydroxylation is 1. The predicted octanol–water partition coefficient (Wildman–Crippen LogP) is 2.34. The maximum absolute atomic E-state index is 12.8. The molecule has 1 aliphatic heterocycles. The second-order valence-electron chi connectivity index (χ2n) is 9.04. The molecule has 1 fully saturated rings. The van der Waals surface area contributed by atoms with E-state index in [1.807, 2.05) is 13.8 Å². The number of carboxylic acids is 3. The van der Waals surface area contributed by atoms with E-state index in [4.69, 9.17) is 5.11 Å². The zero-order valence-electron chi connectivity index (χ0n) is 21.4. The van der Waals surface area contributed by atoms with Gasteiger partial charge >= 0.3 is 17.9 Å². The Morgan fingerprint density at radius 1 is 0.973 bits per heavy atom. The van der Waals surface area contributed by atoms with E-state index < -0.39 is 23.5 Å². The van der Waals surface area contributed by atoms with Crippen LogP contribution in [0.5, 0.6) is 0 Å². The minimum absolute atomic E-state index is 0.0268.